The molecule has 0 spiro atoms. The highest BCUT2D eigenvalue weighted by molar-refractivity contribution is 5.98. The van der Waals surface area contributed by atoms with E-state index < -0.39 is 30.1 Å². The van der Waals surface area contributed by atoms with Crippen LogP contribution in [0.15, 0.2) is 72.8 Å². The summed E-state index contributed by atoms with van der Waals surface area (Å²) < 4.78 is 10.6. The Balaban J connectivity index is 1.40. The van der Waals surface area contributed by atoms with Gasteiger partial charge in [0.1, 0.15) is 6.61 Å². The van der Waals surface area contributed by atoms with Gasteiger partial charge in [0.15, 0.2) is 6.04 Å². The van der Waals surface area contributed by atoms with Gasteiger partial charge in [-0.05, 0) is 47.4 Å². The number of hydrogen-bond donors (Lipinski definition) is 3. The Morgan fingerprint density at radius 2 is 1.57 bits per heavy atom. The number of carbonyl (C=O) groups excluding carboxylic acids is 2. The zero-order chi connectivity index (χ0) is 24.9. The van der Waals surface area contributed by atoms with Crippen molar-refractivity contribution in [1.29, 1.82) is 0 Å². The number of carboxylic acids is 1. The van der Waals surface area contributed by atoms with Crippen LogP contribution in [0.3, 0.4) is 0 Å². The maximum atomic E-state index is 12.6. The van der Waals surface area contributed by atoms with Gasteiger partial charge in [-0.1, -0.05) is 54.6 Å². The van der Waals surface area contributed by atoms with E-state index in [0.717, 1.165) is 22.3 Å². The van der Waals surface area contributed by atoms with Crippen molar-refractivity contribution < 1.29 is 29.0 Å². The number of ether oxygens (including phenoxy) is 2. The maximum absolute atomic E-state index is 12.6. The molecule has 0 fully saturated rings. The second-order valence-corrected chi connectivity index (χ2v) is 8.26. The highest BCUT2D eigenvalue weighted by Crippen LogP contribution is 2.44. The Morgan fingerprint density at radius 1 is 0.943 bits per heavy atom. The van der Waals surface area contributed by atoms with Crippen LogP contribution >= 0.6 is 0 Å². The molecule has 0 bridgehead atoms. The van der Waals surface area contributed by atoms with Crippen LogP contribution in [0, 0.1) is 0 Å². The van der Waals surface area contributed by atoms with Crippen molar-refractivity contribution in [1.82, 2.24) is 5.32 Å². The Labute approximate surface area is 202 Å². The summed E-state index contributed by atoms with van der Waals surface area (Å²) in [5, 5.41) is 14.4. The first kappa shape index (κ1) is 24.0. The van der Waals surface area contributed by atoms with E-state index in [0.29, 0.717) is 5.69 Å². The Bertz CT molecular complexity index is 1210. The Morgan fingerprint density at radius 3 is 2.17 bits per heavy atom. The number of aliphatic carboxylic acids is 1. The number of carboxylic acid groups (broad SMARTS) is 1. The van der Waals surface area contributed by atoms with Crippen molar-refractivity contribution in [2.75, 3.05) is 19.0 Å². The minimum absolute atomic E-state index is 0.0685. The molecule has 1 aliphatic rings. The minimum atomic E-state index is -1.22. The lowest BCUT2D eigenvalue weighted by atomic mass is 9.98. The lowest BCUT2D eigenvalue weighted by Crippen LogP contribution is -2.48. The van der Waals surface area contributed by atoms with Gasteiger partial charge in [-0.25, -0.2) is 9.59 Å². The number of benzene rings is 3. The molecular formula is C27H26N2O6. The standard InChI is InChI=1S/C27H26N2O6/c1-16(34-2)24(26(31)32)29-25(30)17-8-7-9-18(14-17)28-27(33)35-15-23-21-12-5-3-10-19(21)20-11-4-6-13-22(20)23/h3-14,16,23-24H,15H2,1-2H3,(H,28,33)(H,29,30)(H,31,32). The largest absolute Gasteiger partial charge is 0.480 e. The van der Waals surface area contributed by atoms with Gasteiger partial charge in [0.2, 0.25) is 0 Å². The smallest absolute Gasteiger partial charge is 0.411 e. The predicted octanol–water partition coefficient (Wildman–Crippen LogP) is 4.27. The molecule has 3 aromatic carbocycles. The quantitative estimate of drug-likeness (QED) is 0.449. The summed E-state index contributed by atoms with van der Waals surface area (Å²) in [5.41, 5.74) is 5.03. The van der Waals surface area contributed by atoms with E-state index in [1.165, 1.54) is 19.2 Å². The number of nitrogens with one attached hydrogen (secondary N) is 2. The van der Waals surface area contributed by atoms with Crippen LogP contribution in [-0.4, -0.2) is 48.9 Å². The van der Waals surface area contributed by atoms with E-state index >= 15 is 0 Å². The molecule has 0 radical (unpaired) electrons. The van der Waals surface area contributed by atoms with Crippen LogP contribution in [0.2, 0.25) is 0 Å². The molecule has 4 rings (SSSR count). The van der Waals surface area contributed by atoms with Crippen molar-refractivity contribution >= 4 is 23.7 Å². The number of methoxy groups -OCH3 is 1. The third-order valence-electron chi connectivity index (χ3n) is 6.11. The third-order valence-corrected chi connectivity index (χ3v) is 6.11. The average molecular weight is 475 g/mol. The van der Waals surface area contributed by atoms with Crippen molar-refractivity contribution in [3.8, 4) is 11.1 Å². The molecule has 2 unspecified atom stereocenters. The van der Waals surface area contributed by atoms with E-state index in [1.54, 1.807) is 19.1 Å². The van der Waals surface area contributed by atoms with Crippen molar-refractivity contribution in [3.63, 3.8) is 0 Å². The van der Waals surface area contributed by atoms with Gasteiger partial charge in [0, 0.05) is 24.3 Å². The van der Waals surface area contributed by atoms with E-state index in [4.69, 9.17) is 9.47 Å². The molecule has 35 heavy (non-hydrogen) atoms. The summed E-state index contributed by atoms with van der Waals surface area (Å²) in [6, 6.07) is 21.1. The topological polar surface area (TPSA) is 114 Å². The Kier molecular flexibility index (Phi) is 7.12. The highest BCUT2D eigenvalue weighted by atomic mass is 16.5. The van der Waals surface area contributed by atoms with Crippen molar-refractivity contribution in [2.45, 2.75) is 25.0 Å². The van der Waals surface area contributed by atoms with Gasteiger partial charge in [-0.2, -0.15) is 0 Å². The van der Waals surface area contributed by atoms with Crippen molar-refractivity contribution in [3.05, 3.63) is 89.5 Å². The zero-order valence-electron chi connectivity index (χ0n) is 19.4. The van der Waals surface area contributed by atoms with Crippen LogP contribution in [0.25, 0.3) is 11.1 Å². The molecule has 8 heteroatoms. The number of carbonyl (C=O) groups is 3. The average Bonchev–Trinajstić information content (AvgIpc) is 3.19. The van der Waals surface area contributed by atoms with Crippen LogP contribution in [0.1, 0.15) is 34.3 Å². The maximum Gasteiger partial charge on any atom is 0.411 e. The molecule has 0 aliphatic heterocycles. The normalized spacial score (nSPS) is 13.8. The van der Waals surface area contributed by atoms with Gasteiger partial charge in [-0.15, -0.1) is 0 Å². The first-order chi connectivity index (χ1) is 16.9. The molecule has 8 nitrogen and oxygen atoms in total. The molecule has 2 amide bonds. The van der Waals surface area contributed by atoms with Gasteiger partial charge < -0.3 is 19.9 Å². The fourth-order valence-corrected chi connectivity index (χ4v) is 4.23. The molecule has 1 aliphatic carbocycles. The first-order valence-corrected chi connectivity index (χ1v) is 11.2. The SMILES string of the molecule is COC(C)C(NC(=O)c1cccc(NC(=O)OCC2c3ccccc3-c3ccccc32)c1)C(=O)O. The van der Waals surface area contributed by atoms with Gasteiger partial charge in [-0.3, -0.25) is 10.1 Å². The van der Waals surface area contributed by atoms with E-state index in [9.17, 15) is 19.5 Å². The van der Waals surface area contributed by atoms with Gasteiger partial charge >= 0.3 is 12.1 Å². The number of fused-ring (bicyclic) bond motifs is 3. The van der Waals surface area contributed by atoms with Crippen LogP contribution in [0.5, 0.6) is 0 Å². The lowest BCUT2D eigenvalue weighted by molar-refractivity contribution is -0.142. The first-order valence-electron chi connectivity index (χ1n) is 11.2. The van der Waals surface area contributed by atoms with Crippen LogP contribution in [-0.2, 0) is 14.3 Å². The number of rotatable bonds is 8. The summed E-state index contributed by atoms with van der Waals surface area (Å²) in [7, 11) is 1.37. The molecule has 2 atom stereocenters. The van der Waals surface area contributed by atoms with Gasteiger partial charge in [0.25, 0.3) is 5.91 Å². The highest BCUT2D eigenvalue weighted by Gasteiger charge is 2.29. The minimum Gasteiger partial charge on any atom is -0.480 e. The molecule has 180 valence electrons. The van der Waals surface area contributed by atoms with Crippen molar-refractivity contribution in [2.24, 2.45) is 0 Å². The molecular weight excluding hydrogens is 448 g/mol. The van der Waals surface area contributed by atoms with E-state index in [1.807, 2.05) is 36.4 Å². The third kappa shape index (κ3) is 5.17. The van der Waals surface area contributed by atoms with Crippen LogP contribution < -0.4 is 10.6 Å². The summed E-state index contributed by atoms with van der Waals surface area (Å²) in [6.45, 7) is 1.71. The molecule has 0 saturated heterocycles. The number of anilines is 1. The fourth-order valence-electron chi connectivity index (χ4n) is 4.23. The summed E-state index contributed by atoms with van der Waals surface area (Å²) >= 11 is 0. The number of hydrogen-bond acceptors (Lipinski definition) is 5. The zero-order valence-corrected chi connectivity index (χ0v) is 19.4. The molecule has 0 saturated carbocycles. The predicted molar refractivity (Wildman–Crippen MR) is 130 cm³/mol. The Hall–Kier alpha value is -4.17. The monoisotopic (exact) mass is 474 g/mol. The van der Waals surface area contributed by atoms with Gasteiger partial charge in [0.05, 0.1) is 6.10 Å². The summed E-state index contributed by atoms with van der Waals surface area (Å²) in [4.78, 5) is 36.6. The fraction of sp³-hybridized carbons (Fsp3) is 0.222. The summed E-state index contributed by atoms with van der Waals surface area (Å²) in [6.07, 6.45) is -1.38. The molecule has 3 N–H and O–H groups in total. The van der Waals surface area contributed by atoms with E-state index in [-0.39, 0.29) is 18.1 Å². The lowest BCUT2D eigenvalue weighted by Gasteiger charge is -2.20. The molecule has 3 aromatic rings. The second-order valence-electron chi connectivity index (χ2n) is 8.26. The van der Waals surface area contributed by atoms with E-state index in [2.05, 4.69) is 22.8 Å². The molecule has 0 heterocycles. The van der Waals surface area contributed by atoms with Crippen LogP contribution in [0.4, 0.5) is 10.5 Å². The number of amides is 2. The molecule has 0 aromatic heterocycles. The summed E-state index contributed by atoms with van der Waals surface area (Å²) in [5.74, 6) is -1.88. The second kappa shape index (κ2) is 10.4.